The zero-order valence-corrected chi connectivity index (χ0v) is 7.12. The lowest BCUT2D eigenvalue weighted by Gasteiger charge is -2.17. The molecule has 1 aliphatic rings. The molecular formula is C11H12O. The van der Waals surface area contributed by atoms with Gasteiger partial charge in [-0.05, 0) is 24.0 Å². The van der Waals surface area contributed by atoms with Gasteiger partial charge in [-0.2, -0.15) is 0 Å². The summed E-state index contributed by atoms with van der Waals surface area (Å²) in [6.07, 6.45) is 5.17. The molecule has 0 heterocycles. The maximum atomic E-state index is 9.54. The third kappa shape index (κ3) is 1.02. The Kier molecular flexibility index (Phi) is 1.65. The summed E-state index contributed by atoms with van der Waals surface area (Å²) in [7, 11) is 0. The van der Waals surface area contributed by atoms with E-state index in [0.29, 0.717) is 11.7 Å². The fourth-order valence-electron chi connectivity index (χ4n) is 1.73. The number of hydrogen-bond donors (Lipinski definition) is 1. The molecule has 0 saturated heterocycles. The molecule has 0 bridgehead atoms. The highest BCUT2D eigenvalue weighted by molar-refractivity contribution is 5.45. The lowest BCUT2D eigenvalue weighted by atomic mass is 9.89. The maximum absolute atomic E-state index is 9.54. The van der Waals surface area contributed by atoms with Crippen LogP contribution >= 0.6 is 0 Å². The van der Waals surface area contributed by atoms with E-state index in [1.54, 1.807) is 6.07 Å². The first-order chi connectivity index (χ1) is 5.79. The SMILES string of the molecule is CC1C=CCc2c(O)cccc21. The van der Waals surface area contributed by atoms with Crippen LogP contribution in [0.5, 0.6) is 5.75 Å². The number of aromatic hydroxyl groups is 1. The molecule has 1 aliphatic carbocycles. The van der Waals surface area contributed by atoms with Gasteiger partial charge in [-0.1, -0.05) is 31.2 Å². The van der Waals surface area contributed by atoms with Crippen LogP contribution in [0.3, 0.4) is 0 Å². The Bertz CT molecular complexity index is 326. The van der Waals surface area contributed by atoms with E-state index in [0.717, 1.165) is 12.0 Å². The molecule has 62 valence electrons. The molecule has 1 heteroatoms. The number of phenolic OH excluding ortho intramolecular Hbond substituents is 1. The van der Waals surface area contributed by atoms with E-state index in [2.05, 4.69) is 25.1 Å². The molecule has 0 aliphatic heterocycles. The van der Waals surface area contributed by atoms with Crippen molar-refractivity contribution in [3.05, 3.63) is 41.5 Å². The summed E-state index contributed by atoms with van der Waals surface area (Å²) in [5.41, 5.74) is 2.35. The van der Waals surface area contributed by atoms with Gasteiger partial charge < -0.3 is 5.11 Å². The Morgan fingerprint density at radius 3 is 3.00 bits per heavy atom. The van der Waals surface area contributed by atoms with Gasteiger partial charge in [-0.25, -0.2) is 0 Å². The summed E-state index contributed by atoms with van der Waals surface area (Å²) in [6.45, 7) is 2.15. The average molecular weight is 160 g/mol. The van der Waals surface area contributed by atoms with Crippen LogP contribution in [0.1, 0.15) is 24.0 Å². The molecule has 1 N–H and O–H groups in total. The first-order valence-electron chi connectivity index (χ1n) is 4.26. The van der Waals surface area contributed by atoms with Crippen LogP contribution in [-0.2, 0) is 6.42 Å². The van der Waals surface area contributed by atoms with Gasteiger partial charge in [0.15, 0.2) is 0 Å². The Labute approximate surface area is 72.4 Å². The number of fused-ring (bicyclic) bond motifs is 1. The summed E-state index contributed by atoms with van der Waals surface area (Å²) in [6, 6.07) is 5.75. The lowest BCUT2D eigenvalue weighted by Crippen LogP contribution is -2.01. The van der Waals surface area contributed by atoms with Crippen LogP contribution in [0.15, 0.2) is 30.4 Å². The second-order valence-electron chi connectivity index (χ2n) is 3.27. The first-order valence-corrected chi connectivity index (χ1v) is 4.26. The minimum atomic E-state index is 0.434. The van der Waals surface area contributed by atoms with Crippen molar-refractivity contribution in [1.29, 1.82) is 0 Å². The average Bonchev–Trinajstić information content (AvgIpc) is 2.07. The Balaban J connectivity index is 2.57. The standard InChI is InChI=1S/C11H12O/c1-8-4-2-6-10-9(8)5-3-7-11(10)12/h2-5,7-8,12H,6H2,1H3. The highest BCUT2D eigenvalue weighted by Crippen LogP contribution is 2.31. The minimum Gasteiger partial charge on any atom is -0.508 e. The van der Waals surface area contributed by atoms with E-state index in [9.17, 15) is 5.11 Å². The fraction of sp³-hybridized carbons (Fsp3) is 0.273. The monoisotopic (exact) mass is 160 g/mol. The van der Waals surface area contributed by atoms with Crippen molar-refractivity contribution in [3.8, 4) is 5.75 Å². The highest BCUT2D eigenvalue weighted by atomic mass is 16.3. The minimum absolute atomic E-state index is 0.434. The molecule has 1 aromatic carbocycles. The van der Waals surface area contributed by atoms with Crippen LogP contribution in [-0.4, -0.2) is 5.11 Å². The highest BCUT2D eigenvalue weighted by Gasteiger charge is 2.13. The topological polar surface area (TPSA) is 20.2 Å². The molecule has 1 atom stereocenters. The fourth-order valence-corrected chi connectivity index (χ4v) is 1.73. The summed E-state index contributed by atoms with van der Waals surface area (Å²) in [4.78, 5) is 0. The van der Waals surface area contributed by atoms with Crippen molar-refractivity contribution in [2.75, 3.05) is 0 Å². The molecule has 0 spiro atoms. The number of allylic oxidation sites excluding steroid dienone is 2. The predicted octanol–water partition coefficient (Wildman–Crippen LogP) is 2.61. The zero-order valence-electron chi connectivity index (χ0n) is 7.12. The molecule has 2 rings (SSSR count). The van der Waals surface area contributed by atoms with Gasteiger partial charge in [-0.15, -0.1) is 0 Å². The van der Waals surface area contributed by atoms with Crippen molar-refractivity contribution in [3.63, 3.8) is 0 Å². The molecule has 1 unspecified atom stereocenters. The molecule has 0 fully saturated rings. The van der Waals surface area contributed by atoms with Crippen LogP contribution in [0.25, 0.3) is 0 Å². The first kappa shape index (κ1) is 7.41. The van der Waals surface area contributed by atoms with E-state index in [1.807, 2.05) is 6.07 Å². The molecule has 0 saturated carbocycles. The second kappa shape index (κ2) is 2.67. The third-order valence-corrected chi connectivity index (χ3v) is 2.42. The number of phenols is 1. The Morgan fingerprint density at radius 1 is 1.42 bits per heavy atom. The summed E-state index contributed by atoms with van der Waals surface area (Å²) < 4.78 is 0. The maximum Gasteiger partial charge on any atom is 0.119 e. The second-order valence-corrected chi connectivity index (χ2v) is 3.27. The van der Waals surface area contributed by atoms with Gasteiger partial charge in [0.05, 0.1) is 0 Å². The summed E-state index contributed by atoms with van der Waals surface area (Å²) in [5, 5.41) is 9.54. The van der Waals surface area contributed by atoms with Gasteiger partial charge in [0.1, 0.15) is 5.75 Å². The zero-order chi connectivity index (χ0) is 8.55. The lowest BCUT2D eigenvalue weighted by molar-refractivity contribution is 0.467. The Morgan fingerprint density at radius 2 is 2.25 bits per heavy atom. The van der Waals surface area contributed by atoms with Gasteiger partial charge in [-0.3, -0.25) is 0 Å². The molecular weight excluding hydrogens is 148 g/mol. The smallest absolute Gasteiger partial charge is 0.119 e. The van der Waals surface area contributed by atoms with Gasteiger partial charge >= 0.3 is 0 Å². The van der Waals surface area contributed by atoms with Gasteiger partial charge in [0, 0.05) is 5.56 Å². The number of benzene rings is 1. The molecule has 0 amide bonds. The third-order valence-electron chi connectivity index (χ3n) is 2.42. The van der Waals surface area contributed by atoms with Crippen molar-refractivity contribution in [2.45, 2.75) is 19.3 Å². The van der Waals surface area contributed by atoms with Gasteiger partial charge in [0.2, 0.25) is 0 Å². The van der Waals surface area contributed by atoms with Crippen molar-refractivity contribution in [2.24, 2.45) is 0 Å². The normalized spacial score (nSPS) is 20.6. The predicted molar refractivity (Wildman–Crippen MR) is 49.4 cm³/mol. The van der Waals surface area contributed by atoms with E-state index >= 15 is 0 Å². The van der Waals surface area contributed by atoms with Crippen molar-refractivity contribution < 1.29 is 5.11 Å². The molecule has 1 nitrogen and oxygen atoms in total. The van der Waals surface area contributed by atoms with Crippen LogP contribution in [0, 0.1) is 0 Å². The number of hydrogen-bond acceptors (Lipinski definition) is 1. The van der Waals surface area contributed by atoms with E-state index in [1.165, 1.54) is 5.56 Å². The molecule has 1 aromatic rings. The molecule has 0 aromatic heterocycles. The largest absolute Gasteiger partial charge is 0.508 e. The van der Waals surface area contributed by atoms with E-state index in [4.69, 9.17) is 0 Å². The molecule has 0 radical (unpaired) electrons. The van der Waals surface area contributed by atoms with Crippen molar-refractivity contribution in [1.82, 2.24) is 0 Å². The van der Waals surface area contributed by atoms with Crippen LogP contribution < -0.4 is 0 Å². The Hall–Kier alpha value is -1.24. The number of rotatable bonds is 0. The summed E-state index contributed by atoms with van der Waals surface area (Å²) >= 11 is 0. The quantitative estimate of drug-likeness (QED) is 0.578. The van der Waals surface area contributed by atoms with Crippen molar-refractivity contribution >= 4 is 0 Å². The van der Waals surface area contributed by atoms with Gasteiger partial charge in [0.25, 0.3) is 0 Å². The van der Waals surface area contributed by atoms with Crippen LogP contribution in [0.2, 0.25) is 0 Å². The van der Waals surface area contributed by atoms with E-state index in [-0.39, 0.29) is 0 Å². The van der Waals surface area contributed by atoms with Crippen LogP contribution in [0.4, 0.5) is 0 Å². The molecule has 12 heavy (non-hydrogen) atoms. The van der Waals surface area contributed by atoms with E-state index < -0.39 is 0 Å². The summed E-state index contributed by atoms with van der Waals surface area (Å²) in [5.74, 6) is 0.879.